The molecule has 0 heterocycles. The summed E-state index contributed by atoms with van der Waals surface area (Å²) in [5.41, 5.74) is 0. The van der Waals surface area contributed by atoms with Crippen molar-refractivity contribution in [3.05, 3.63) is 0 Å². The number of hydrogen-bond acceptors (Lipinski definition) is 4. The zero-order valence-corrected chi connectivity index (χ0v) is 12.3. The lowest BCUT2D eigenvalue weighted by molar-refractivity contribution is -0.136. The zero-order valence-electron chi connectivity index (χ0n) is 10.6. The number of thioether (sulfide) groups is 1. The number of sulfonamides is 1. The zero-order chi connectivity index (χ0) is 13.6. The van der Waals surface area contributed by atoms with Crippen LogP contribution in [0.3, 0.4) is 0 Å². The van der Waals surface area contributed by atoms with E-state index in [4.69, 9.17) is 5.11 Å². The van der Waals surface area contributed by atoms with Gasteiger partial charge in [-0.1, -0.05) is 19.3 Å². The lowest BCUT2D eigenvalue weighted by atomic mass is 9.88. The van der Waals surface area contributed by atoms with Crippen LogP contribution in [0.15, 0.2) is 0 Å². The van der Waals surface area contributed by atoms with Gasteiger partial charge < -0.3 is 5.11 Å². The molecule has 1 rings (SSSR count). The molecule has 5 nitrogen and oxygen atoms in total. The van der Waals surface area contributed by atoms with Gasteiger partial charge in [0.25, 0.3) is 0 Å². The highest BCUT2D eigenvalue weighted by molar-refractivity contribution is 8.00. The molecule has 1 fully saturated rings. The molecule has 0 atom stereocenters. The van der Waals surface area contributed by atoms with E-state index >= 15 is 0 Å². The van der Waals surface area contributed by atoms with E-state index in [1.807, 2.05) is 6.26 Å². The molecule has 7 heteroatoms. The van der Waals surface area contributed by atoms with Crippen molar-refractivity contribution >= 4 is 27.8 Å². The fraction of sp³-hybridized carbons (Fsp3) is 0.909. The maximum absolute atomic E-state index is 11.7. The Morgan fingerprint density at radius 2 is 1.94 bits per heavy atom. The van der Waals surface area contributed by atoms with Crippen molar-refractivity contribution in [1.82, 2.24) is 4.72 Å². The molecule has 0 aromatic carbocycles. The third-order valence-electron chi connectivity index (χ3n) is 3.40. The number of carboxylic acid groups (broad SMARTS) is 1. The van der Waals surface area contributed by atoms with Gasteiger partial charge in [0.15, 0.2) is 0 Å². The molecule has 106 valence electrons. The Bertz CT molecular complexity index is 375. The molecular formula is C11H21NO4S2. The SMILES string of the molecule is CSC1(CNS(=O)(=O)CCC(=O)O)CCCCC1. The van der Waals surface area contributed by atoms with Crippen molar-refractivity contribution in [3.8, 4) is 0 Å². The first kappa shape index (κ1) is 15.8. The van der Waals surface area contributed by atoms with Crippen LogP contribution >= 0.6 is 11.8 Å². The van der Waals surface area contributed by atoms with Crippen molar-refractivity contribution in [2.24, 2.45) is 0 Å². The molecule has 1 aliphatic rings. The minimum atomic E-state index is -3.47. The predicted octanol–water partition coefficient (Wildman–Crippen LogP) is 1.45. The molecule has 18 heavy (non-hydrogen) atoms. The van der Waals surface area contributed by atoms with Crippen molar-refractivity contribution in [2.75, 3.05) is 18.6 Å². The minimum Gasteiger partial charge on any atom is -0.481 e. The van der Waals surface area contributed by atoms with Gasteiger partial charge in [0.1, 0.15) is 0 Å². The summed E-state index contributed by atoms with van der Waals surface area (Å²) in [6.45, 7) is 0.413. The van der Waals surface area contributed by atoms with Gasteiger partial charge >= 0.3 is 5.97 Å². The molecule has 1 aliphatic carbocycles. The summed E-state index contributed by atoms with van der Waals surface area (Å²) in [6, 6.07) is 0. The van der Waals surface area contributed by atoms with Crippen LogP contribution in [0.4, 0.5) is 0 Å². The average Bonchev–Trinajstić information content (AvgIpc) is 2.36. The van der Waals surface area contributed by atoms with Crippen molar-refractivity contribution < 1.29 is 18.3 Å². The first-order chi connectivity index (χ1) is 8.39. The second kappa shape index (κ2) is 6.77. The number of carbonyl (C=O) groups is 1. The second-order valence-corrected chi connectivity index (χ2v) is 7.93. The van der Waals surface area contributed by atoms with Crippen LogP contribution in [-0.2, 0) is 14.8 Å². The maximum atomic E-state index is 11.7. The largest absolute Gasteiger partial charge is 0.481 e. The molecule has 1 saturated carbocycles. The lowest BCUT2D eigenvalue weighted by Crippen LogP contribution is -2.42. The van der Waals surface area contributed by atoms with Gasteiger partial charge in [-0.3, -0.25) is 4.79 Å². The lowest BCUT2D eigenvalue weighted by Gasteiger charge is -2.35. The molecule has 0 bridgehead atoms. The number of rotatable bonds is 7. The van der Waals surface area contributed by atoms with Gasteiger partial charge in [0.2, 0.25) is 10.0 Å². The standard InChI is InChI=1S/C11H21NO4S2/c1-17-11(6-3-2-4-7-11)9-12-18(15,16)8-5-10(13)14/h12H,2-9H2,1H3,(H,13,14). The Morgan fingerprint density at radius 3 is 2.44 bits per heavy atom. The van der Waals surface area contributed by atoms with Crippen LogP contribution in [0.5, 0.6) is 0 Å². The van der Waals surface area contributed by atoms with Gasteiger partial charge in [-0.15, -0.1) is 0 Å². The van der Waals surface area contributed by atoms with Crippen LogP contribution < -0.4 is 4.72 Å². The molecular weight excluding hydrogens is 274 g/mol. The van der Waals surface area contributed by atoms with E-state index in [0.29, 0.717) is 6.54 Å². The van der Waals surface area contributed by atoms with E-state index in [1.54, 1.807) is 11.8 Å². The Hall–Kier alpha value is -0.270. The molecule has 0 amide bonds. The first-order valence-corrected chi connectivity index (χ1v) is 9.01. The minimum absolute atomic E-state index is 0.00541. The third kappa shape index (κ3) is 5.16. The molecule has 0 saturated heterocycles. The van der Waals surface area contributed by atoms with Crippen molar-refractivity contribution in [3.63, 3.8) is 0 Å². The summed E-state index contributed by atoms with van der Waals surface area (Å²) in [5, 5.41) is 8.49. The molecule has 0 aromatic heterocycles. The molecule has 0 aromatic rings. The molecule has 2 N–H and O–H groups in total. The molecule has 0 spiro atoms. The Kier molecular flexibility index (Phi) is 5.94. The van der Waals surface area contributed by atoms with Gasteiger partial charge in [-0.25, -0.2) is 13.1 Å². The quantitative estimate of drug-likeness (QED) is 0.742. The summed E-state index contributed by atoms with van der Waals surface area (Å²) in [4.78, 5) is 10.4. The number of carboxylic acids is 1. The maximum Gasteiger partial charge on any atom is 0.304 e. The normalized spacial score (nSPS) is 19.6. The van der Waals surface area contributed by atoms with Gasteiger partial charge in [0, 0.05) is 11.3 Å². The number of aliphatic carboxylic acids is 1. The Balaban J connectivity index is 2.48. The van der Waals surface area contributed by atoms with Crippen LogP contribution in [0.1, 0.15) is 38.5 Å². The third-order valence-corrected chi connectivity index (χ3v) is 6.14. The Morgan fingerprint density at radius 1 is 1.33 bits per heavy atom. The van der Waals surface area contributed by atoms with Crippen molar-refractivity contribution in [1.29, 1.82) is 0 Å². The van der Waals surface area contributed by atoms with E-state index in [0.717, 1.165) is 25.7 Å². The Labute approximate surface area is 113 Å². The molecule has 0 unspecified atom stereocenters. The number of hydrogen-bond donors (Lipinski definition) is 2. The van der Waals surface area contributed by atoms with Gasteiger partial charge in [0.05, 0.1) is 12.2 Å². The summed E-state index contributed by atoms with van der Waals surface area (Å²) in [5.74, 6) is -1.43. The fourth-order valence-corrected chi connectivity index (χ4v) is 4.27. The summed E-state index contributed by atoms with van der Waals surface area (Å²) < 4.78 is 25.9. The van der Waals surface area contributed by atoms with E-state index in [9.17, 15) is 13.2 Å². The summed E-state index contributed by atoms with van der Waals surface area (Å²) in [7, 11) is -3.47. The summed E-state index contributed by atoms with van der Waals surface area (Å²) in [6.07, 6.45) is 7.20. The fourth-order valence-electron chi connectivity index (χ4n) is 2.18. The molecule has 0 radical (unpaired) electrons. The first-order valence-electron chi connectivity index (χ1n) is 6.13. The topological polar surface area (TPSA) is 83.5 Å². The van der Waals surface area contributed by atoms with Crippen LogP contribution in [0.2, 0.25) is 0 Å². The smallest absolute Gasteiger partial charge is 0.304 e. The van der Waals surface area contributed by atoms with E-state index in [1.165, 1.54) is 6.42 Å². The summed E-state index contributed by atoms with van der Waals surface area (Å²) >= 11 is 1.72. The predicted molar refractivity (Wildman–Crippen MR) is 73.4 cm³/mol. The van der Waals surface area contributed by atoms with E-state index in [-0.39, 0.29) is 16.9 Å². The molecule has 0 aliphatic heterocycles. The van der Waals surface area contributed by atoms with Crippen molar-refractivity contribution in [2.45, 2.75) is 43.3 Å². The highest BCUT2D eigenvalue weighted by atomic mass is 32.2. The average molecular weight is 295 g/mol. The van der Waals surface area contributed by atoms with E-state index < -0.39 is 16.0 Å². The van der Waals surface area contributed by atoms with Crippen LogP contribution in [0.25, 0.3) is 0 Å². The van der Waals surface area contributed by atoms with E-state index in [2.05, 4.69) is 4.72 Å². The monoisotopic (exact) mass is 295 g/mol. The highest BCUT2D eigenvalue weighted by Gasteiger charge is 2.32. The van der Waals surface area contributed by atoms with Gasteiger partial charge in [-0.05, 0) is 19.1 Å². The highest BCUT2D eigenvalue weighted by Crippen LogP contribution is 2.38. The van der Waals surface area contributed by atoms with Crippen LogP contribution in [-0.4, -0.2) is 42.8 Å². The second-order valence-electron chi connectivity index (χ2n) is 4.73. The number of nitrogens with one attached hydrogen (secondary N) is 1. The van der Waals surface area contributed by atoms with Gasteiger partial charge in [-0.2, -0.15) is 11.8 Å². The van der Waals surface area contributed by atoms with Crippen LogP contribution in [0, 0.1) is 0 Å².